The van der Waals surface area contributed by atoms with E-state index in [-0.39, 0.29) is 11.6 Å². The number of aromatic nitrogens is 4. The molecule has 1 heterocycles. The minimum atomic E-state index is 0.0166. The molecule has 0 aromatic carbocycles. The number of hydrogen-bond donors (Lipinski definition) is 1. The topological polar surface area (TPSA) is 72.9 Å². The lowest BCUT2D eigenvalue weighted by Crippen LogP contribution is -2.60. The van der Waals surface area contributed by atoms with Crippen molar-refractivity contribution >= 4 is 0 Å². The van der Waals surface area contributed by atoms with Crippen LogP contribution < -0.4 is 5.73 Å². The molecule has 1 aromatic heterocycles. The summed E-state index contributed by atoms with van der Waals surface area (Å²) in [6.07, 6.45) is 2.74. The van der Waals surface area contributed by atoms with Gasteiger partial charge in [0.25, 0.3) is 0 Å². The summed E-state index contributed by atoms with van der Waals surface area (Å²) in [6, 6.07) is 0.0200. The van der Waals surface area contributed by atoms with E-state index in [4.69, 9.17) is 5.73 Å². The monoisotopic (exact) mass is 268 g/mol. The van der Waals surface area contributed by atoms with E-state index in [1.54, 1.807) is 7.05 Å². The molecular formula is C13H28N6. The van der Waals surface area contributed by atoms with Crippen molar-refractivity contribution in [1.29, 1.82) is 0 Å². The van der Waals surface area contributed by atoms with Gasteiger partial charge in [-0.2, -0.15) is 4.80 Å². The van der Waals surface area contributed by atoms with E-state index in [9.17, 15) is 0 Å². The maximum Gasteiger partial charge on any atom is 0.176 e. The predicted molar refractivity (Wildman–Crippen MR) is 76.7 cm³/mol. The molecule has 0 aliphatic heterocycles. The summed E-state index contributed by atoms with van der Waals surface area (Å²) in [7, 11) is 1.78. The average Bonchev–Trinajstić information content (AvgIpc) is 2.81. The molecule has 1 unspecified atom stereocenters. The van der Waals surface area contributed by atoms with Crippen molar-refractivity contribution < 1.29 is 0 Å². The minimum absolute atomic E-state index is 0.0166. The molecule has 1 rings (SSSR count). The number of nitrogens with two attached hydrogens (primary N) is 1. The van der Waals surface area contributed by atoms with Gasteiger partial charge in [-0.3, -0.25) is 4.90 Å². The number of aryl methyl sites for hydroxylation is 1. The van der Waals surface area contributed by atoms with Crippen LogP contribution in [0.25, 0.3) is 0 Å². The van der Waals surface area contributed by atoms with Crippen LogP contribution in [0.5, 0.6) is 0 Å². The van der Waals surface area contributed by atoms with Crippen molar-refractivity contribution in [3.8, 4) is 0 Å². The van der Waals surface area contributed by atoms with Gasteiger partial charge >= 0.3 is 0 Å². The summed E-state index contributed by atoms with van der Waals surface area (Å²) in [4.78, 5) is 3.95. The van der Waals surface area contributed by atoms with E-state index in [0.717, 1.165) is 31.8 Å². The van der Waals surface area contributed by atoms with Gasteiger partial charge in [0.05, 0.1) is 7.05 Å². The van der Waals surface area contributed by atoms with E-state index >= 15 is 0 Å². The highest BCUT2D eigenvalue weighted by molar-refractivity contribution is 5.01. The molecule has 110 valence electrons. The second-order valence-electron chi connectivity index (χ2n) is 4.99. The third-order valence-electron chi connectivity index (χ3n) is 4.26. The third kappa shape index (κ3) is 3.30. The zero-order chi connectivity index (χ0) is 14.5. The minimum Gasteiger partial charge on any atom is -0.326 e. The molecule has 6 heteroatoms. The van der Waals surface area contributed by atoms with E-state index < -0.39 is 0 Å². The molecule has 0 spiro atoms. The van der Waals surface area contributed by atoms with Gasteiger partial charge < -0.3 is 5.73 Å². The zero-order valence-corrected chi connectivity index (χ0v) is 12.9. The fourth-order valence-electron chi connectivity index (χ4n) is 3.10. The first kappa shape index (κ1) is 16.0. The van der Waals surface area contributed by atoms with Crippen LogP contribution in [0.1, 0.15) is 46.4 Å². The van der Waals surface area contributed by atoms with Gasteiger partial charge in [-0.1, -0.05) is 27.7 Å². The number of hydrogen-bond acceptors (Lipinski definition) is 5. The summed E-state index contributed by atoms with van der Waals surface area (Å²) >= 11 is 0. The Morgan fingerprint density at radius 1 is 1.21 bits per heavy atom. The molecule has 0 amide bonds. The van der Waals surface area contributed by atoms with Crippen LogP contribution in [0.2, 0.25) is 0 Å². The van der Waals surface area contributed by atoms with Crippen LogP contribution in [0.15, 0.2) is 0 Å². The lowest BCUT2D eigenvalue weighted by atomic mass is 9.81. The summed E-state index contributed by atoms with van der Waals surface area (Å²) in [5.74, 6) is 0.730. The molecule has 0 aliphatic carbocycles. The summed E-state index contributed by atoms with van der Waals surface area (Å²) in [5.41, 5.74) is 6.53. The largest absolute Gasteiger partial charge is 0.326 e. The Morgan fingerprint density at radius 2 is 1.79 bits per heavy atom. The molecule has 0 bridgehead atoms. The number of rotatable bonds is 8. The lowest BCUT2D eigenvalue weighted by molar-refractivity contribution is 0.0622. The third-order valence-corrected chi connectivity index (χ3v) is 4.26. The van der Waals surface area contributed by atoms with Gasteiger partial charge in [0, 0.05) is 18.0 Å². The molecule has 1 atom stereocenters. The first-order valence-electron chi connectivity index (χ1n) is 7.27. The highest BCUT2D eigenvalue weighted by Crippen LogP contribution is 2.28. The van der Waals surface area contributed by atoms with Gasteiger partial charge in [-0.25, -0.2) is 0 Å². The maximum absolute atomic E-state index is 6.51. The van der Waals surface area contributed by atoms with Crippen LogP contribution in [-0.4, -0.2) is 49.8 Å². The maximum atomic E-state index is 6.51. The highest BCUT2D eigenvalue weighted by atomic mass is 15.6. The molecule has 0 saturated heterocycles. The van der Waals surface area contributed by atoms with E-state index in [2.05, 4.69) is 48.0 Å². The SMILES string of the molecule is CCN(CC)C(CC)(CC)C(N)Cc1nnn(C)n1. The molecule has 2 N–H and O–H groups in total. The van der Waals surface area contributed by atoms with Crippen LogP contribution in [0.4, 0.5) is 0 Å². The number of tetrazole rings is 1. The second-order valence-corrected chi connectivity index (χ2v) is 4.99. The van der Waals surface area contributed by atoms with E-state index in [1.807, 2.05) is 0 Å². The Kier molecular flexibility index (Phi) is 5.87. The Bertz CT molecular complexity index is 367. The van der Waals surface area contributed by atoms with Gasteiger partial charge in [0.15, 0.2) is 5.82 Å². The highest BCUT2D eigenvalue weighted by Gasteiger charge is 2.38. The zero-order valence-electron chi connectivity index (χ0n) is 12.9. The summed E-state index contributed by atoms with van der Waals surface area (Å²) in [5, 5.41) is 12.2. The van der Waals surface area contributed by atoms with E-state index in [0.29, 0.717) is 6.42 Å². The Hall–Kier alpha value is -1.01. The quantitative estimate of drug-likeness (QED) is 0.761. The number of likely N-dealkylation sites (N-methyl/N-ethyl adjacent to an activating group) is 1. The molecule has 19 heavy (non-hydrogen) atoms. The molecule has 0 radical (unpaired) electrons. The molecule has 1 aromatic rings. The molecule has 0 saturated carbocycles. The van der Waals surface area contributed by atoms with Crippen LogP contribution >= 0.6 is 0 Å². The average molecular weight is 268 g/mol. The summed E-state index contributed by atoms with van der Waals surface area (Å²) in [6.45, 7) is 10.8. The van der Waals surface area contributed by atoms with Gasteiger partial charge in [0.2, 0.25) is 0 Å². The fourth-order valence-corrected chi connectivity index (χ4v) is 3.10. The van der Waals surface area contributed by atoms with Crippen molar-refractivity contribution in [2.75, 3.05) is 13.1 Å². The molecule has 0 fully saturated rings. The smallest absolute Gasteiger partial charge is 0.176 e. The Labute approximate surface area is 116 Å². The second kappa shape index (κ2) is 6.96. The fraction of sp³-hybridized carbons (Fsp3) is 0.923. The van der Waals surface area contributed by atoms with Crippen molar-refractivity contribution in [2.24, 2.45) is 12.8 Å². The van der Waals surface area contributed by atoms with Crippen LogP contribution in [-0.2, 0) is 13.5 Å². The molecule has 6 nitrogen and oxygen atoms in total. The van der Waals surface area contributed by atoms with Crippen molar-refractivity contribution in [2.45, 2.75) is 58.5 Å². The first-order chi connectivity index (χ1) is 9.03. The van der Waals surface area contributed by atoms with E-state index in [1.165, 1.54) is 4.80 Å². The van der Waals surface area contributed by atoms with Gasteiger partial charge in [-0.15, -0.1) is 10.2 Å². The Morgan fingerprint density at radius 3 is 2.16 bits per heavy atom. The van der Waals surface area contributed by atoms with Crippen molar-refractivity contribution in [3.63, 3.8) is 0 Å². The van der Waals surface area contributed by atoms with Gasteiger partial charge in [-0.05, 0) is 31.1 Å². The summed E-state index contributed by atoms with van der Waals surface area (Å²) < 4.78 is 0. The van der Waals surface area contributed by atoms with Crippen molar-refractivity contribution in [3.05, 3.63) is 5.82 Å². The van der Waals surface area contributed by atoms with Gasteiger partial charge in [0.1, 0.15) is 0 Å². The predicted octanol–water partition coefficient (Wildman–Crippen LogP) is 0.981. The van der Waals surface area contributed by atoms with Crippen molar-refractivity contribution in [1.82, 2.24) is 25.1 Å². The first-order valence-corrected chi connectivity index (χ1v) is 7.27. The normalized spacial score (nSPS) is 14.1. The van der Waals surface area contributed by atoms with Crippen LogP contribution in [0, 0.1) is 0 Å². The Balaban J connectivity index is 2.91. The lowest BCUT2D eigenvalue weighted by Gasteiger charge is -2.46. The number of nitrogens with zero attached hydrogens (tertiary/aromatic N) is 5. The molecular weight excluding hydrogens is 240 g/mol. The molecule has 0 aliphatic rings. The van der Waals surface area contributed by atoms with Crippen LogP contribution in [0.3, 0.4) is 0 Å². The standard InChI is InChI=1S/C13H28N6/c1-6-13(7-2,19(8-3)9-4)11(14)10-12-15-17-18(5)16-12/h11H,6-10,14H2,1-5H3.